The maximum Gasteiger partial charge on any atom is 0.327 e. The second-order valence-electron chi connectivity index (χ2n) is 2.79. The topological polar surface area (TPSA) is 53.3 Å². The van der Waals surface area contributed by atoms with Crippen molar-refractivity contribution >= 4 is 19.0 Å². The summed E-state index contributed by atoms with van der Waals surface area (Å²) in [4.78, 5) is 0. The van der Waals surface area contributed by atoms with Gasteiger partial charge >= 0.3 is 6.72 Å². The van der Waals surface area contributed by atoms with E-state index in [0.29, 0.717) is 0 Å². The summed E-state index contributed by atoms with van der Waals surface area (Å²) in [6.45, 7) is 0.741. The van der Waals surface area contributed by atoms with E-state index >= 15 is 0 Å². The van der Waals surface area contributed by atoms with E-state index in [0.717, 1.165) is 6.42 Å². The van der Waals surface area contributed by atoms with Crippen molar-refractivity contribution in [3.63, 3.8) is 0 Å². The molecule has 0 aromatic heterocycles. The fourth-order valence-electron chi connectivity index (χ4n) is 0.581. The van der Waals surface area contributed by atoms with Crippen molar-refractivity contribution in [2.45, 2.75) is 26.4 Å². The lowest BCUT2D eigenvalue weighted by atomic mass is 10.3. The number of nitriles is 1. The number of rotatable bonds is 5. The van der Waals surface area contributed by atoms with Gasteiger partial charge in [0.05, 0.1) is 18.7 Å². The highest BCUT2D eigenvalue weighted by Gasteiger charge is 2.25. The van der Waals surface area contributed by atoms with Crippen LogP contribution >= 0.6 is 19.0 Å². The zero-order valence-corrected chi connectivity index (χ0v) is 9.89. The van der Waals surface area contributed by atoms with Gasteiger partial charge in [-0.15, -0.1) is 0 Å². The second kappa shape index (κ2) is 5.66. The van der Waals surface area contributed by atoms with Crippen LogP contribution in [-0.4, -0.2) is 24.4 Å². The molecule has 0 saturated heterocycles. The van der Waals surface area contributed by atoms with Gasteiger partial charge in [-0.25, -0.2) is 4.67 Å². The quantitative estimate of drug-likeness (QED) is 0.440. The Morgan fingerprint density at radius 3 is 2.69 bits per heavy atom. The minimum Gasteiger partial charge on any atom is -0.307 e. The normalized spacial score (nSPS) is 17.8. The fraction of sp³-hybridized carbons (Fsp3) is 0.857. The van der Waals surface area contributed by atoms with E-state index in [4.69, 9.17) is 9.79 Å². The summed E-state index contributed by atoms with van der Waals surface area (Å²) >= 11 is 3.92. The van der Waals surface area contributed by atoms with E-state index in [9.17, 15) is 4.57 Å². The highest BCUT2D eigenvalue weighted by Crippen LogP contribution is 2.55. The SMILES string of the molecule is CCC(C)OP(=O)(S)N(C)CC#N. The zero-order valence-electron chi connectivity index (χ0n) is 8.10. The molecule has 2 unspecified atom stereocenters. The monoisotopic (exact) mass is 222 g/mol. The molecule has 4 nitrogen and oxygen atoms in total. The van der Waals surface area contributed by atoms with E-state index in [1.807, 2.05) is 19.9 Å². The van der Waals surface area contributed by atoms with Crippen LogP contribution in [0.1, 0.15) is 20.3 Å². The molecule has 0 aliphatic heterocycles. The first-order chi connectivity index (χ1) is 5.94. The summed E-state index contributed by atoms with van der Waals surface area (Å²) in [5.74, 6) is 0. The number of thiol groups is 1. The molecule has 0 spiro atoms. The lowest BCUT2D eigenvalue weighted by molar-refractivity contribution is 0.208. The smallest absolute Gasteiger partial charge is 0.307 e. The molecular weight excluding hydrogens is 207 g/mol. The largest absolute Gasteiger partial charge is 0.327 e. The molecule has 0 aliphatic rings. The Morgan fingerprint density at radius 2 is 2.31 bits per heavy atom. The Balaban J connectivity index is 4.23. The summed E-state index contributed by atoms with van der Waals surface area (Å²) < 4.78 is 18.2. The predicted octanol–water partition coefficient (Wildman–Crippen LogP) is 2.29. The highest BCUT2D eigenvalue weighted by atomic mass is 32.7. The molecular formula is C7H15N2O2PS. The van der Waals surface area contributed by atoms with E-state index in [1.165, 1.54) is 4.67 Å². The van der Waals surface area contributed by atoms with Gasteiger partial charge in [0.15, 0.2) is 0 Å². The van der Waals surface area contributed by atoms with Gasteiger partial charge in [0, 0.05) is 0 Å². The summed E-state index contributed by atoms with van der Waals surface area (Å²) in [6, 6.07) is 1.89. The number of nitrogens with zero attached hydrogens (tertiary/aromatic N) is 2. The molecule has 0 aromatic rings. The Bertz CT molecular complexity index is 241. The molecule has 0 saturated carbocycles. The molecule has 0 N–H and O–H groups in total. The van der Waals surface area contributed by atoms with Crippen LogP contribution in [0.25, 0.3) is 0 Å². The first kappa shape index (κ1) is 13.0. The molecule has 0 rings (SSSR count). The second-order valence-corrected chi connectivity index (χ2v) is 6.18. The Hall–Kier alpha value is -0.01000. The minimum atomic E-state index is -3.07. The molecule has 0 heterocycles. The Labute approximate surface area is 84.5 Å². The van der Waals surface area contributed by atoms with Gasteiger partial charge in [0.25, 0.3) is 0 Å². The number of hydrogen-bond donors (Lipinski definition) is 1. The fourth-order valence-corrected chi connectivity index (χ4v) is 2.27. The van der Waals surface area contributed by atoms with Crippen molar-refractivity contribution < 1.29 is 9.09 Å². The van der Waals surface area contributed by atoms with Gasteiger partial charge in [-0.05, 0) is 20.4 Å². The maximum atomic E-state index is 11.7. The third-order valence-electron chi connectivity index (χ3n) is 1.62. The van der Waals surface area contributed by atoms with Crippen molar-refractivity contribution in [2.75, 3.05) is 13.6 Å². The van der Waals surface area contributed by atoms with Crippen LogP contribution in [0.4, 0.5) is 0 Å². The third-order valence-corrected chi connectivity index (χ3v) is 4.46. The molecule has 0 aliphatic carbocycles. The van der Waals surface area contributed by atoms with Crippen LogP contribution in [0.3, 0.4) is 0 Å². The average Bonchev–Trinajstić information content (AvgIpc) is 2.04. The first-order valence-electron chi connectivity index (χ1n) is 4.03. The Morgan fingerprint density at radius 1 is 1.77 bits per heavy atom. The Kier molecular flexibility index (Phi) is 5.66. The molecule has 0 bridgehead atoms. The summed E-state index contributed by atoms with van der Waals surface area (Å²) in [6.07, 6.45) is 0.662. The predicted molar refractivity (Wildman–Crippen MR) is 55.7 cm³/mol. The van der Waals surface area contributed by atoms with Gasteiger partial charge in [-0.2, -0.15) is 5.26 Å². The molecule has 0 radical (unpaired) electrons. The van der Waals surface area contributed by atoms with Gasteiger partial charge < -0.3 is 4.52 Å². The van der Waals surface area contributed by atoms with E-state index in [1.54, 1.807) is 7.05 Å². The first-order valence-corrected chi connectivity index (χ1v) is 6.76. The van der Waals surface area contributed by atoms with Crippen LogP contribution in [-0.2, 0) is 9.09 Å². The van der Waals surface area contributed by atoms with Gasteiger partial charge in [0.2, 0.25) is 0 Å². The van der Waals surface area contributed by atoms with Gasteiger partial charge in [0.1, 0.15) is 0 Å². The zero-order chi connectivity index (χ0) is 10.5. The van der Waals surface area contributed by atoms with E-state index < -0.39 is 6.72 Å². The summed E-state index contributed by atoms with van der Waals surface area (Å²) in [7, 11) is 1.55. The van der Waals surface area contributed by atoms with Gasteiger partial charge in [-0.1, -0.05) is 19.2 Å². The van der Waals surface area contributed by atoms with Crippen molar-refractivity contribution in [3.8, 4) is 6.07 Å². The van der Waals surface area contributed by atoms with Crippen LogP contribution < -0.4 is 0 Å². The molecule has 0 aromatic carbocycles. The van der Waals surface area contributed by atoms with Gasteiger partial charge in [-0.3, -0.25) is 4.57 Å². The summed E-state index contributed by atoms with van der Waals surface area (Å²) in [5, 5.41) is 8.39. The van der Waals surface area contributed by atoms with E-state index in [2.05, 4.69) is 12.2 Å². The van der Waals surface area contributed by atoms with Crippen LogP contribution in [0.2, 0.25) is 0 Å². The summed E-state index contributed by atoms with van der Waals surface area (Å²) in [5.41, 5.74) is 0. The molecule has 13 heavy (non-hydrogen) atoms. The molecule has 2 atom stereocenters. The molecule has 0 amide bonds. The maximum absolute atomic E-state index is 11.7. The molecule has 0 fully saturated rings. The third kappa shape index (κ3) is 4.68. The highest BCUT2D eigenvalue weighted by molar-refractivity contribution is 8.45. The molecule has 6 heteroatoms. The van der Waals surface area contributed by atoms with Crippen molar-refractivity contribution in [3.05, 3.63) is 0 Å². The van der Waals surface area contributed by atoms with Crippen molar-refractivity contribution in [1.29, 1.82) is 5.26 Å². The average molecular weight is 222 g/mol. The number of hydrogen-bond acceptors (Lipinski definition) is 3. The van der Waals surface area contributed by atoms with Crippen molar-refractivity contribution in [1.82, 2.24) is 4.67 Å². The molecule has 76 valence electrons. The standard InChI is InChI=1S/C7H15N2O2PS/c1-4-7(2)11-12(10,13)9(3)6-5-8/h7H,4,6H2,1-3H3,(H,10,13). The van der Waals surface area contributed by atoms with Crippen LogP contribution in [0.15, 0.2) is 0 Å². The van der Waals surface area contributed by atoms with Crippen molar-refractivity contribution in [2.24, 2.45) is 0 Å². The lowest BCUT2D eigenvalue weighted by Gasteiger charge is -2.23. The minimum absolute atomic E-state index is 0.0528. The lowest BCUT2D eigenvalue weighted by Crippen LogP contribution is -2.17. The van der Waals surface area contributed by atoms with Crippen LogP contribution in [0, 0.1) is 11.3 Å². The van der Waals surface area contributed by atoms with E-state index in [-0.39, 0.29) is 12.6 Å². The van der Waals surface area contributed by atoms with Crippen LogP contribution in [0.5, 0.6) is 0 Å².